The molecular formula is C16H22N2O. The summed E-state index contributed by atoms with van der Waals surface area (Å²) in [6, 6.07) is 6.44. The summed E-state index contributed by atoms with van der Waals surface area (Å²) in [5.74, 6) is 0. The Labute approximate surface area is 114 Å². The molecule has 1 atom stereocenters. The van der Waals surface area contributed by atoms with E-state index in [0.29, 0.717) is 12.8 Å². The summed E-state index contributed by atoms with van der Waals surface area (Å²) in [6.45, 7) is 7.11. The van der Waals surface area contributed by atoms with Gasteiger partial charge in [0, 0.05) is 19.2 Å². The lowest BCUT2D eigenvalue weighted by Gasteiger charge is -2.11. The molecular weight excluding hydrogens is 236 g/mol. The quantitative estimate of drug-likeness (QED) is 0.895. The van der Waals surface area contributed by atoms with E-state index in [1.807, 2.05) is 17.1 Å². The average Bonchev–Trinajstić information content (AvgIpc) is 2.74. The second-order valence-corrected chi connectivity index (χ2v) is 5.26. The molecule has 0 fully saturated rings. The molecule has 0 saturated carbocycles. The topological polar surface area (TPSA) is 38.0 Å². The maximum atomic E-state index is 10.2. The van der Waals surface area contributed by atoms with Gasteiger partial charge in [-0.2, -0.15) is 5.10 Å². The normalized spacial score (nSPS) is 12.6. The monoisotopic (exact) mass is 258 g/mol. The van der Waals surface area contributed by atoms with Crippen LogP contribution >= 0.6 is 0 Å². The summed E-state index contributed by atoms with van der Waals surface area (Å²) in [6.07, 6.45) is 4.85. The number of benzene rings is 1. The SMILES string of the molecule is CCn1cc(CC(O)Cc2cc(C)cc(C)c2)cn1. The van der Waals surface area contributed by atoms with Gasteiger partial charge in [-0.05, 0) is 38.3 Å². The van der Waals surface area contributed by atoms with Gasteiger partial charge < -0.3 is 5.11 Å². The Morgan fingerprint density at radius 1 is 1.11 bits per heavy atom. The number of aromatic nitrogens is 2. The zero-order chi connectivity index (χ0) is 13.8. The molecule has 0 saturated heterocycles. The number of hydrogen-bond acceptors (Lipinski definition) is 2. The van der Waals surface area contributed by atoms with Gasteiger partial charge in [0.1, 0.15) is 0 Å². The van der Waals surface area contributed by atoms with Crippen molar-refractivity contribution in [2.45, 2.75) is 46.3 Å². The fourth-order valence-corrected chi connectivity index (χ4v) is 2.49. The minimum Gasteiger partial charge on any atom is -0.392 e. The molecule has 0 radical (unpaired) electrons. The summed E-state index contributed by atoms with van der Waals surface area (Å²) in [4.78, 5) is 0. The van der Waals surface area contributed by atoms with E-state index in [4.69, 9.17) is 0 Å². The molecule has 2 aromatic rings. The van der Waals surface area contributed by atoms with Gasteiger partial charge in [-0.1, -0.05) is 29.3 Å². The minimum absolute atomic E-state index is 0.351. The highest BCUT2D eigenvalue weighted by Gasteiger charge is 2.09. The molecule has 1 heterocycles. The zero-order valence-corrected chi connectivity index (χ0v) is 11.9. The van der Waals surface area contributed by atoms with Crippen LogP contribution in [0.15, 0.2) is 30.6 Å². The standard InChI is InChI=1S/C16H22N2O/c1-4-18-11-15(10-17-18)9-16(19)8-14-6-12(2)5-13(3)7-14/h5-7,10-11,16,19H,4,8-9H2,1-3H3. The van der Waals surface area contributed by atoms with Crippen molar-refractivity contribution in [2.75, 3.05) is 0 Å². The van der Waals surface area contributed by atoms with Crippen LogP contribution < -0.4 is 0 Å². The molecule has 0 bridgehead atoms. The fraction of sp³-hybridized carbons (Fsp3) is 0.438. The van der Waals surface area contributed by atoms with Crippen LogP contribution in [0.5, 0.6) is 0 Å². The fourth-order valence-electron chi connectivity index (χ4n) is 2.49. The maximum Gasteiger partial charge on any atom is 0.0622 e. The molecule has 3 nitrogen and oxygen atoms in total. The third-order valence-electron chi connectivity index (χ3n) is 3.23. The van der Waals surface area contributed by atoms with Crippen molar-refractivity contribution in [3.8, 4) is 0 Å². The first-order valence-corrected chi connectivity index (χ1v) is 6.83. The second-order valence-electron chi connectivity index (χ2n) is 5.26. The summed E-state index contributed by atoms with van der Waals surface area (Å²) >= 11 is 0. The summed E-state index contributed by atoms with van der Waals surface area (Å²) < 4.78 is 1.89. The van der Waals surface area contributed by atoms with Crippen LogP contribution in [0.25, 0.3) is 0 Å². The first-order chi connectivity index (χ1) is 9.06. The van der Waals surface area contributed by atoms with Crippen molar-refractivity contribution in [3.63, 3.8) is 0 Å². The molecule has 102 valence electrons. The first-order valence-electron chi connectivity index (χ1n) is 6.83. The zero-order valence-electron chi connectivity index (χ0n) is 11.9. The molecule has 0 amide bonds. The minimum atomic E-state index is -0.351. The van der Waals surface area contributed by atoms with Crippen molar-refractivity contribution in [2.24, 2.45) is 0 Å². The van der Waals surface area contributed by atoms with Gasteiger partial charge in [0.2, 0.25) is 0 Å². The Bertz CT molecular complexity index is 525. The van der Waals surface area contributed by atoms with Gasteiger partial charge >= 0.3 is 0 Å². The number of aliphatic hydroxyl groups excluding tert-OH is 1. The maximum absolute atomic E-state index is 10.2. The Balaban J connectivity index is 1.98. The molecule has 0 aliphatic carbocycles. The lowest BCUT2D eigenvalue weighted by Crippen LogP contribution is -2.13. The average molecular weight is 258 g/mol. The van der Waals surface area contributed by atoms with E-state index in [-0.39, 0.29) is 6.10 Å². The molecule has 1 aromatic heterocycles. The predicted octanol–water partition coefficient (Wildman–Crippen LogP) is 2.67. The Kier molecular flexibility index (Phi) is 4.38. The van der Waals surface area contributed by atoms with E-state index >= 15 is 0 Å². The van der Waals surface area contributed by atoms with Crippen molar-refractivity contribution in [1.82, 2.24) is 9.78 Å². The highest BCUT2D eigenvalue weighted by molar-refractivity contribution is 5.29. The van der Waals surface area contributed by atoms with E-state index in [1.54, 1.807) is 0 Å². The van der Waals surface area contributed by atoms with Crippen LogP contribution in [0, 0.1) is 13.8 Å². The second kappa shape index (κ2) is 6.02. The Morgan fingerprint density at radius 2 is 1.74 bits per heavy atom. The van der Waals surface area contributed by atoms with Crippen LogP contribution in [0.1, 0.15) is 29.2 Å². The molecule has 0 aliphatic rings. The van der Waals surface area contributed by atoms with Gasteiger partial charge in [-0.3, -0.25) is 4.68 Å². The molecule has 1 aromatic carbocycles. The first kappa shape index (κ1) is 13.8. The van der Waals surface area contributed by atoms with Crippen LogP contribution in [0.4, 0.5) is 0 Å². The summed E-state index contributed by atoms with van der Waals surface area (Å²) in [5, 5.41) is 14.4. The summed E-state index contributed by atoms with van der Waals surface area (Å²) in [5.41, 5.74) is 4.80. The number of nitrogens with zero attached hydrogens (tertiary/aromatic N) is 2. The molecule has 0 aliphatic heterocycles. The Morgan fingerprint density at radius 3 is 2.32 bits per heavy atom. The van der Waals surface area contributed by atoms with Crippen LogP contribution in [-0.4, -0.2) is 21.0 Å². The van der Waals surface area contributed by atoms with Crippen LogP contribution in [-0.2, 0) is 19.4 Å². The van der Waals surface area contributed by atoms with Crippen LogP contribution in [0.3, 0.4) is 0 Å². The molecule has 19 heavy (non-hydrogen) atoms. The van der Waals surface area contributed by atoms with Gasteiger partial charge in [0.25, 0.3) is 0 Å². The van der Waals surface area contributed by atoms with Crippen molar-refractivity contribution in [3.05, 3.63) is 52.8 Å². The van der Waals surface area contributed by atoms with E-state index < -0.39 is 0 Å². The third-order valence-corrected chi connectivity index (χ3v) is 3.23. The third kappa shape index (κ3) is 3.93. The van der Waals surface area contributed by atoms with E-state index in [2.05, 4.69) is 44.1 Å². The number of aliphatic hydroxyl groups is 1. The lowest BCUT2D eigenvalue weighted by atomic mass is 10.00. The van der Waals surface area contributed by atoms with Gasteiger partial charge in [0.15, 0.2) is 0 Å². The lowest BCUT2D eigenvalue weighted by molar-refractivity contribution is 0.175. The largest absolute Gasteiger partial charge is 0.392 e. The van der Waals surface area contributed by atoms with Gasteiger partial charge in [-0.25, -0.2) is 0 Å². The highest BCUT2D eigenvalue weighted by atomic mass is 16.3. The van der Waals surface area contributed by atoms with Crippen molar-refractivity contribution < 1.29 is 5.11 Å². The summed E-state index contributed by atoms with van der Waals surface area (Å²) in [7, 11) is 0. The van der Waals surface area contributed by atoms with Crippen LogP contribution in [0.2, 0.25) is 0 Å². The smallest absolute Gasteiger partial charge is 0.0622 e. The van der Waals surface area contributed by atoms with E-state index in [0.717, 1.165) is 12.1 Å². The van der Waals surface area contributed by atoms with Gasteiger partial charge in [0.05, 0.1) is 12.3 Å². The highest BCUT2D eigenvalue weighted by Crippen LogP contribution is 2.13. The van der Waals surface area contributed by atoms with E-state index in [9.17, 15) is 5.11 Å². The number of hydrogen-bond donors (Lipinski definition) is 1. The molecule has 1 unspecified atom stereocenters. The van der Waals surface area contributed by atoms with Gasteiger partial charge in [-0.15, -0.1) is 0 Å². The van der Waals surface area contributed by atoms with E-state index in [1.165, 1.54) is 16.7 Å². The number of aryl methyl sites for hydroxylation is 3. The molecule has 3 heteroatoms. The van der Waals surface area contributed by atoms with Crippen molar-refractivity contribution in [1.29, 1.82) is 0 Å². The Hall–Kier alpha value is -1.61. The molecule has 2 rings (SSSR count). The molecule has 1 N–H and O–H groups in total. The van der Waals surface area contributed by atoms with Crippen molar-refractivity contribution >= 4 is 0 Å². The number of rotatable bonds is 5. The molecule has 0 spiro atoms. The predicted molar refractivity (Wildman–Crippen MR) is 77.2 cm³/mol.